The molecule has 0 radical (unpaired) electrons. The summed E-state index contributed by atoms with van der Waals surface area (Å²) in [4.78, 5) is 18.3. The van der Waals surface area contributed by atoms with Gasteiger partial charge in [0.2, 0.25) is 0 Å². The second-order valence-electron chi connectivity index (χ2n) is 7.21. The van der Waals surface area contributed by atoms with E-state index in [1.54, 1.807) is 17.3 Å². The van der Waals surface area contributed by atoms with Crippen molar-refractivity contribution in [1.29, 1.82) is 0 Å². The van der Waals surface area contributed by atoms with Gasteiger partial charge < -0.3 is 19.9 Å². The first-order valence-electron chi connectivity index (χ1n) is 8.44. The van der Waals surface area contributed by atoms with E-state index in [9.17, 15) is 4.79 Å². The fourth-order valence-electron chi connectivity index (χ4n) is 2.92. The number of nitrogens with two attached hydrogens (primary N) is 1. The van der Waals surface area contributed by atoms with E-state index >= 15 is 0 Å². The van der Waals surface area contributed by atoms with Crippen molar-refractivity contribution in [2.75, 3.05) is 18.8 Å². The number of likely N-dealkylation sites (tertiary alicyclic amines) is 1. The number of nitrogens with zero attached hydrogens (tertiary/aromatic N) is 5. The normalized spacial score (nSPS) is 16.0. The smallest absolute Gasteiger partial charge is 0.410 e. The maximum Gasteiger partial charge on any atom is 0.410 e. The summed E-state index contributed by atoms with van der Waals surface area (Å²) in [6.07, 6.45) is 3.08. The van der Waals surface area contributed by atoms with Crippen LogP contribution in [0.25, 0.3) is 11.5 Å². The molecule has 1 aliphatic heterocycles. The van der Waals surface area contributed by atoms with Gasteiger partial charge in [-0.2, -0.15) is 0 Å². The quantitative estimate of drug-likeness (QED) is 0.898. The molecule has 0 spiro atoms. The van der Waals surface area contributed by atoms with Crippen LogP contribution in [0.1, 0.15) is 39.7 Å². The van der Waals surface area contributed by atoms with Crippen molar-refractivity contribution in [2.45, 2.75) is 45.3 Å². The third kappa shape index (κ3) is 4.07. The average Bonchev–Trinajstić information content (AvgIpc) is 3.03. The second kappa shape index (κ2) is 6.70. The Morgan fingerprint density at radius 2 is 2.00 bits per heavy atom. The molecular weight excluding hydrogens is 320 g/mol. The molecule has 1 aliphatic rings. The van der Waals surface area contributed by atoms with Crippen LogP contribution in [0, 0.1) is 0 Å². The molecule has 1 amide bonds. The minimum Gasteiger partial charge on any atom is -0.444 e. The lowest BCUT2D eigenvalue weighted by Gasteiger charge is -2.34. The summed E-state index contributed by atoms with van der Waals surface area (Å²) in [7, 11) is 0. The number of pyridine rings is 1. The van der Waals surface area contributed by atoms with Gasteiger partial charge in [0.05, 0.1) is 0 Å². The van der Waals surface area contributed by atoms with Crippen molar-refractivity contribution in [3.05, 3.63) is 24.5 Å². The largest absolute Gasteiger partial charge is 0.444 e. The van der Waals surface area contributed by atoms with Gasteiger partial charge in [0.15, 0.2) is 5.82 Å². The molecule has 0 unspecified atom stereocenters. The first-order chi connectivity index (χ1) is 11.8. The number of hydrogen-bond donors (Lipinski definition) is 1. The fraction of sp³-hybridized carbons (Fsp3) is 0.529. The van der Waals surface area contributed by atoms with E-state index in [4.69, 9.17) is 10.5 Å². The van der Waals surface area contributed by atoms with Gasteiger partial charge in [-0.3, -0.25) is 0 Å². The van der Waals surface area contributed by atoms with E-state index < -0.39 is 5.60 Å². The summed E-state index contributed by atoms with van der Waals surface area (Å²) in [5.74, 6) is 1.15. The molecule has 1 fully saturated rings. The number of ether oxygens (including phenoxy) is 1. The monoisotopic (exact) mass is 344 g/mol. The molecule has 8 heteroatoms. The third-order valence-electron chi connectivity index (χ3n) is 4.08. The molecule has 134 valence electrons. The Labute approximate surface area is 147 Å². The summed E-state index contributed by atoms with van der Waals surface area (Å²) in [6, 6.07) is 5.67. The Morgan fingerprint density at radius 3 is 2.64 bits per heavy atom. The predicted molar refractivity (Wildman–Crippen MR) is 93.7 cm³/mol. The van der Waals surface area contributed by atoms with Crippen molar-refractivity contribution in [2.24, 2.45) is 0 Å². The minimum atomic E-state index is -0.478. The summed E-state index contributed by atoms with van der Waals surface area (Å²) in [6.45, 7) is 6.90. The highest BCUT2D eigenvalue weighted by Gasteiger charge is 2.28. The Hall–Kier alpha value is -2.64. The number of hydrogen-bond acceptors (Lipinski definition) is 6. The van der Waals surface area contributed by atoms with E-state index in [1.165, 1.54) is 0 Å². The van der Waals surface area contributed by atoms with Crippen LogP contribution in [0.4, 0.5) is 10.6 Å². The lowest BCUT2D eigenvalue weighted by molar-refractivity contribution is 0.0189. The van der Waals surface area contributed by atoms with Gasteiger partial charge in [0.25, 0.3) is 0 Å². The molecule has 2 N–H and O–H groups in total. The third-order valence-corrected chi connectivity index (χ3v) is 4.08. The van der Waals surface area contributed by atoms with E-state index in [0.29, 0.717) is 30.4 Å². The van der Waals surface area contributed by atoms with Crippen LogP contribution in [0.3, 0.4) is 0 Å². The van der Waals surface area contributed by atoms with Crippen molar-refractivity contribution in [3.8, 4) is 11.5 Å². The van der Waals surface area contributed by atoms with E-state index in [0.717, 1.165) is 12.8 Å². The van der Waals surface area contributed by atoms with Crippen LogP contribution < -0.4 is 5.73 Å². The number of carbonyl (C=O) groups excluding carboxylic acids is 1. The van der Waals surface area contributed by atoms with Crippen molar-refractivity contribution >= 4 is 11.9 Å². The number of amides is 1. The zero-order chi connectivity index (χ0) is 18.0. The average molecular weight is 344 g/mol. The van der Waals surface area contributed by atoms with Gasteiger partial charge in [0, 0.05) is 19.1 Å². The summed E-state index contributed by atoms with van der Waals surface area (Å²) >= 11 is 0. The summed E-state index contributed by atoms with van der Waals surface area (Å²) in [5, 5.41) is 8.23. The Balaban J connectivity index is 1.68. The van der Waals surface area contributed by atoms with Gasteiger partial charge in [-0.1, -0.05) is 6.07 Å². The van der Waals surface area contributed by atoms with Crippen LogP contribution in [0.5, 0.6) is 0 Å². The molecule has 1 saturated heterocycles. The van der Waals surface area contributed by atoms with Gasteiger partial charge >= 0.3 is 6.09 Å². The molecule has 0 aliphatic carbocycles. The first kappa shape index (κ1) is 17.2. The molecule has 2 aromatic rings. The highest BCUT2D eigenvalue weighted by Crippen LogP contribution is 2.27. The Bertz CT molecular complexity index is 744. The number of anilines is 1. The molecule has 0 bridgehead atoms. The van der Waals surface area contributed by atoms with Crippen LogP contribution >= 0.6 is 0 Å². The molecule has 3 rings (SSSR count). The lowest BCUT2D eigenvalue weighted by atomic mass is 10.0. The van der Waals surface area contributed by atoms with Gasteiger partial charge in [-0.05, 0) is 45.7 Å². The standard InChI is InChI=1S/C17H24N6O2/c1-17(2,3)25-16(24)22-9-7-12(8-10-22)23-11-19-21-15(23)13-5-4-6-14(18)20-13/h4-6,11-12H,7-10H2,1-3H3,(H2,18,20). The number of piperidine rings is 1. The Morgan fingerprint density at radius 1 is 1.28 bits per heavy atom. The van der Waals surface area contributed by atoms with Crippen molar-refractivity contribution in [3.63, 3.8) is 0 Å². The SMILES string of the molecule is CC(C)(C)OC(=O)N1CCC(n2cnnc2-c2cccc(N)n2)CC1. The summed E-state index contributed by atoms with van der Waals surface area (Å²) < 4.78 is 7.46. The van der Waals surface area contributed by atoms with Crippen molar-refractivity contribution < 1.29 is 9.53 Å². The van der Waals surface area contributed by atoms with Crippen LogP contribution in [0.15, 0.2) is 24.5 Å². The molecule has 25 heavy (non-hydrogen) atoms. The number of rotatable bonds is 2. The molecule has 8 nitrogen and oxygen atoms in total. The van der Waals surface area contributed by atoms with Gasteiger partial charge in [-0.15, -0.1) is 10.2 Å². The first-order valence-corrected chi connectivity index (χ1v) is 8.44. The maximum atomic E-state index is 12.2. The highest BCUT2D eigenvalue weighted by atomic mass is 16.6. The molecule has 0 atom stereocenters. The highest BCUT2D eigenvalue weighted by molar-refractivity contribution is 5.68. The van der Waals surface area contributed by atoms with Crippen molar-refractivity contribution in [1.82, 2.24) is 24.6 Å². The molecule has 0 aromatic carbocycles. The molecular formula is C17H24N6O2. The zero-order valence-electron chi connectivity index (χ0n) is 14.8. The number of carbonyl (C=O) groups is 1. The summed E-state index contributed by atoms with van der Waals surface area (Å²) in [5.41, 5.74) is 5.99. The fourth-order valence-corrected chi connectivity index (χ4v) is 2.92. The number of aromatic nitrogens is 4. The molecule has 0 saturated carbocycles. The van der Waals surface area contributed by atoms with Gasteiger partial charge in [0.1, 0.15) is 23.4 Å². The van der Waals surface area contributed by atoms with Crippen LogP contribution in [-0.4, -0.2) is 49.4 Å². The molecule has 3 heterocycles. The maximum absolute atomic E-state index is 12.2. The zero-order valence-corrected chi connectivity index (χ0v) is 14.8. The van der Waals surface area contributed by atoms with E-state index in [1.807, 2.05) is 37.5 Å². The number of nitrogen functional groups attached to an aromatic ring is 1. The minimum absolute atomic E-state index is 0.215. The Kier molecular flexibility index (Phi) is 4.61. The molecule has 2 aromatic heterocycles. The van der Waals surface area contributed by atoms with Crippen LogP contribution in [0.2, 0.25) is 0 Å². The predicted octanol–water partition coefficient (Wildman–Crippen LogP) is 2.49. The van der Waals surface area contributed by atoms with E-state index in [-0.39, 0.29) is 12.1 Å². The van der Waals surface area contributed by atoms with Crippen LogP contribution in [-0.2, 0) is 4.74 Å². The van der Waals surface area contributed by atoms with E-state index in [2.05, 4.69) is 15.2 Å². The second-order valence-corrected chi connectivity index (χ2v) is 7.21. The van der Waals surface area contributed by atoms with Gasteiger partial charge in [-0.25, -0.2) is 9.78 Å². The topological polar surface area (TPSA) is 99.2 Å². The lowest BCUT2D eigenvalue weighted by Crippen LogP contribution is -2.42.